The second-order valence-electron chi connectivity index (χ2n) is 2.91. The summed E-state index contributed by atoms with van der Waals surface area (Å²) in [6, 6.07) is 4.74. The first-order valence-electron chi connectivity index (χ1n) is 4.30. The van der Waals surface area contributed by atoms with Crippen LogP contribution in [0.15, 0.2) is 22.6 Å². The lowest BCUT2D eigenvalue weighted by molar-refractivity contribution is -0.130. The number of aromatic nitrogens is 1. The molecule has 0 aliphatic carbocycles. The lowest BCUT2D eigenvalue weighted by atomic mass is 10.2. The van der Waals surface area contributed by atoms with Crippen molar-refractivity contribution in [3.63, 3.8) is 0 Å². The Labute approximate surface area is 89.7 Å². The average molecular weight is 215 g/mol. The van der Waals surface area contributed by atoms with E-state index in [4.69, 9.17) is 9.52 Å². The predicted octanol–water partition coefficient (Wildman–Crippen LogP) is 1.08. The minimum atomic E-state index is -1.20. The van der Waals surface area contributed by atoms with E-state index >= 15 is 0 Å². The van der Waals surface area contributed by atoms with Crippen molar-refractivity contribution in [3.8, 4) is 11.8 Å². The van der Waals surface area contributed by atoms with Gasteiger partial charge in [0.15, 0.2) is 5.58 Å². The monoisotopic (exact) mass is 215 g/mol. The molecule has 2 aromatic rings. The molecule has 0 bridgehead atoms. The third-order valence-corrected chi connectivity index (χ3v) is 1.82. The van der Waals surface area contributed by atoms with Gasteiger partial charge in [0, 0.05) is 11.5 Å². The van der Waals surface area contributed by atoms with Crippen LogP contribution in [0, 0.1) is 11.8 Å². The van der Waals surface area contributed by atoms with Crippen LogP contribution in [0.25, 0.3) is 11.1 Å². The van der Waals surface area contributed by atoms with Crippen LogP contribution < -0.4 is 0 Å². The van der Waals surface area contributed by atoms with Crippen LogP contribution >= 0.6 is 0 Å². The van der Waals surface area contributed by atoms with E-state index in [1.807, 2.05) is 5.92 Å². The van der Waals surface area contributed by atoms with Gasteiger partial charge in [0.1, 0.15) is 5.52 Å². The van der Waals surface area contributed by atoms with Crippen molar-refractivity contribution in [2.45, 2.75) is 0 Å². The first-order valence-corrected chi connectivity index (χ1v) is 4.30. The highest BCUT2D eigenvalue weighted by Crippen LogP contribution is 2.15. The van der Waals surface area contributed by atoms with Crippen molar-refractivity contribution in [1.29, 1.82) is 0 Å². The molecule has 78 valence electrons. The molecule has 5 heteroatoms. The molecule has 1 N–H and O–H groups in total. The van der Waals surface area contributed by atoms with Gasteiger partial charge < -0.3 is 9.52 Å². The number of aldehydes is 1. The first-order chi connectivity index (χ1) is 7.69. The Hall–Kier alpha value is -2.61. The SMILES string of the molecule is O=Cc1nc2cc(C#CC(=O)O)ccc2o1. The molecule has 0 saturated carbocycles. The number of carboxylic acids is 1. The van der Waals surface area contributed by atoms with Gasteiger partial charge in [0.2, 0.25) is 6.29 Å². The Morgan fingerprint density at radius 2 is 2.31 bits per heavy atom. The molecule has 1 heterocycles. The van der Waals surface area contributed by atoms with E-state index < -0.39 is 5.97 Å². The summed E-state index contributed by atoms with van der Waals surface area (Å²) in [7, 11) is 0. The van der Waals surface area contributed by atoms with Gasteiger partial charge in [-0.2, -0.15) is 0 Å². The Balaban J connectivity index is 2.48. The normalized spacial score (nSPS) is 9.50. The molecule has 0 unspecified atom stereocenters. The molecule has 0 saturated heterocycles. The number of carbonyl (C=O) groups excluding carboxylic acids is 1. The van der Waals surface area contributed by atoms with Crippen LogP contribution in [0.3, 0.4) is 0 Å². The number of rotatable bonds is 1. The summed E-state index contributed by atoms with van der Waals surface area (Å²) in [6.07, 6.45) is 0.503. The largest absolute Gasteiger partial charge is 0.472 e. The zero-order chi connectivity index (χ0) is 11.5. The quantitative estimate of drug-likeness (QED) is 0.568. The number of benzene rings is 1. The van der Waals surface area contributed by atoms with E-state index in [9.17, 15) is 9.59 Å². The molecule has 2 rings (SSSR count). The van der Waals surface area contributed by atoms with Gasteiger partial charge in [0.25, 0.3) is 5.89 Å². The molecule has 1 aromatic heterocycles. The van der Waals surface area contributed by atoms with E-state index in [-0.39, 0.29) is 5.89 Å². The zero-order valence-corrected chi connectivity index (χ0v) is 7.93. The van der Waals surface area contributed by atoms with E-state index in [1.54, 1.807) is 18.2 Å². The molecule has 16 heavy (non-hydrogen) atoms. The number of hydrogen-bond donors (Lipinski definition) is 1. The molecule has 5 nitrogen and oxygen atoms in total. The van der Waals surface area contributed by atoms with Gasteiger partial charge in [-0.25, -0.2) is 9.78 Å². The highest BCUT2D eigenvalue weighted by molar-refractivity contribution is 5.87. The van der Waals surface area contributed by atoms with Crippen LogP contribution in [0.1, 0.15) is 16.2 Å². The van der Waals surface area contributed by atoms with Crippen molar-refractivity contribution < 1.29 is 19.1 Å². The number of nitrogens with zero attached hydrogens (tertiary/aromatic N) is 1. The molecular formula is C11H5NO4. The summed E-state index contributed by atoms with van der Waals surface area (Å²) >= 11 is 0. The smallest absolute Gasteiger partial charge is 0.382 e. The Morgan fingerprint density at radius 3 is 3.00 bits per heavy atom. The van der Waals surface area contributed by atoms with Crippen molar-refractivity contribution >= 4 is 23.4 Å². The topological polar surface area (TPSA) is 80.4 Å². The highest BCUT2D eigenvalue weighted by Gasteiger charge is 2.04. The second kappa shape index (κ2) is 3.87. The lowest BCUT2D eigenvalue weighted by Gasteiger charge is -1.88. The minimum absolute atomic E-state index is 0.0154. The number of carbonyl (C=O) groups is 2. The van der Waals surface area contributed by atoms with Gasteiger partial charge in [-0.3, -0.25) is 4.79 Å². The fourth-order valence-electron chi connectivity index (χ4n) is 1.20. The first kappa shape index (κ1) is 9.93. The van der Waals surface area contributed by atoms with Gasteiger partial charge >= 0.3 is 5.97 Å². The molecule has 0 atom stereocenters. The second-order valence-corrected chi connectivity index (χ2v) is 2.91. The molecule has 1 aromatic carbocycles. The zero-order valence-electron chi connectivity index (χ0n) is 7.93. The summed E-state index contributed by atoms with van der Waals surface area (Å²) in [5.41, 5.74) is 1.43. The Morgan fingerprint density at radius 1 is 1.50 bits per heavy atom. The lowest BCUT2D eigenvalue weighted by Crippen LogP contribution is -1.87. The van der Waals surface area contributed by atoms with Crippen molar-refractivity contribution in [2.24, 2.45) is 0 Å². The standard InChI is InChI=1S/C11H5NO4/c13-6-10-12-8-5-7(2-4-11(14)15)1-3-9(8)16-10/h1,3,5-6H,(H,14,15). The molecule has 0 aliphatic heterocycles. The molecule has 0 aliphatic rings. The Kier molecular flexibility index (Phi) is 2.40. The maximum absolute atomic E-state index is 10.4. The van der Waals surface area contributed by atoms with Crippen molar-refractivity contribution in [1.82, 2.24) is 4.98 Å². The minimum Gasteiger partial charge on any atom is -0.472 e. The molecule has 0 amide bonds. The summed E-state index contributed by atoms with van der Waals surface area (Å²) in [6.45, 7) is 0. The van der Waals surface area contributed by atoms with Gasteiger partial charge in [-0.1, -0.05) is 5.92 Å². The summed E-state index contributed by atoms with van der Waals surface area (Å²) in [4.78, 5) is 24.5. The van der Waals surface area contributed by atoms with E-state index in [0.29, 0.717) is 22.9 Å². The Bertz CT molecular complexity index is 630. The van der Waals surface area contributed by atoms with Crippen molar-refractivity contribution in [2.75, 3.05) is 0 Å². The molecular weight excluding hydrogens is 210 g/mol. The molecule has 0 radical (unpaired) electrons. The van der Waals surface area contributed by atoms with Crippen LogP contribution in [-0.4, -0.2) is 22.3 Å². The highest BCUT2D eigenvalue weighted by atomic mass is 16.4. The molecule has 0 fully saturated rings. The fraction of sp³-hybridized carbons (Fsp3) is 0. The van der Waals surface area contributed by atoms with E-state index in [2.05, 4.69) is 10.9 Å². The number of fused-ring (bicyclic) bond motifs is 1. The van der Waals surface area contributed by atoms with Gasteiger partial charge in [-0.15, -0.1) is 0 Å². The predicted molar refractivity (Wildman–Crippen MR) is 53.9 cm³/mol. The summed E-state index contributed by atoms with van der Waals surface area (Å²) in [5.74, 6) is 3.21. The van der Waals surface area contributed by atoms with E-state index in [0.717, 1.165) is 0 Å². The number of carboxylic acid groups (broad SMARTS) is 1. The van der Waals surface area contributed by atoms with Crippen molar-refractivity contribution in [3.05, 3.63) is 29.7 Å². The number of aliphatic carboxylic acids is 1. The summed E-state index contributed by atoms with van der Waals surface area (Å²) in [5, 5.41) is 8.38. The number of oxazole rings is 1. The van der Waals surface area contributed by atoms with Gasteiger partial charge in [0.05, 0.1) is 0 Å². The maximum Gasteiger partial charge on any atom is 0.382 e. The van der Waals surface area contributed by atoms with Crippen LogP contribution in [0.5, 0.6) is 0 Å². The van der Waals surface area contributed by atoms with Crippen LogP contribution in [0.2, 0.25) is 0 Å². The number of hydrogen-bond acceptors (Lipinski definition) is 4. The average Bonchev–Trinajstić information content (AvgIpc) is 2.68. The third-order valence-electron chi connectivity index (χ3n) is 1.82. The van der Waals surface area contributed by atoms with Crippen LogP contribution in [0.4, 0.5) is 0 Å². The van der Waals surface area contributed by atoms with Gasteiger partial charge in [-0.05, 0) is 18.2 Å². The molecule has 0 spiro atoms. The van der Waals surface area contributed by atoms with E-state index in [1.165, 1.54) is 0 Å². The van der Waals surface area contributed by atoms with Crippen LogP contribution in [-0.2, 0) is 4.79 Å². The summed E-state index contributed by atoms with van der Waals surface area (Å²) < 4.78 is 5.05. The fourth-order valence-corrected chi connectivity index (χ4v) is 1.20. The maximum atomic E-state index is 10.4. The third kappa shape index (κ3) is 1.91.